The fourth-order valence-corrected chi connectivity index (χ4v) is 3.08. The maximum Gasteiger partial charge on any atom is 0.251 e. The van der Waals surface area contributed by atoms with Crippen LogP contribution in [0.5, 0.6) is 11.5 Å². The highest BCUT2D eigenvalue weighted by atomic mass is 16.7. The minimum Gasteiger partial charge on any atom is -0.454 e. The summed E-state index contributed by atoms with van der Waals surface area (Å²) in [5, 5.41) is 5.90. The molecule has 1 aliphatic rings. The summed E-state index contributed by atoms with van der Waals surface area (Å²) in [5.74, 6) is 0.918. The van der Waals surface area contributed by atoms with Gasteiger partial charge in [0.05, 0.1) is 6.04 Å². The van der Waals surface area contributed by atoms with E-state index >= 15 is 0 Å². The fourth-order valence-electron chi connectivity index (χ4n) is 3.08. The predicted octanol–water partition coefficient (Wildman–Crippen LogP) is 3.44. The molecule has 2 aromatic rings. The summed E-state index contributed by atoms with van der Waals surface area (Å²) in [6.07, 6.45) is 0.769. The van der Waals surface area contributed by atoms with Gasteiger partial charge in [-0.25, -0.2) is 0 Å². The Balaban J connectivity index is 1.69. The van der Waals surface area contributed by atoms with Gasteiger partial charge in [0.15, 0.2) is 11.5 Å². The molecule has 0 saturated heterocycles. The second-order valence-electron chi connectivity index (χ2n) is 7.05. The van der Waals surface area contributed by atoms with Gasteiger partial charge in [0.1, 0.15) is 6.04 Å². The summed E-state index contributed by atoms with van der Waals surface area (Å²) in [6.45, 7) is 6.07. The normalized spacial score (nSPS) is 15.4. The Labute approximate surface area is 165 Å². The lowest BCUT2D eigenvalue weighted by molar-refractivity contribution is -0.124. The van der Waals surface area contributed by atoms with E-state index in [1.165, 1.54) is 0 Å². The number of carbonyl (C=O) groups is 2. The number of rotatable bonds is 7. The minimum absolute atomic E-state index is 0.00313. The van der Waals surface area contributed by atoms with Crippen molar-refractivity contribution >= 4 is 11.8 Å². The molecule has 0 saturated carbocycles. The summed E-state index contributed by atoms with van der Waals surface area (Å²) < 4.78 is 10.7. The van der Waals surface area contributed by atoms with E-state index < -0.39 is 6.04 Å². The van der Waals surface area contributed by atoms with Gasteiger partial charge in [0, 0.05) is 5.56 Å². The molecular weight excluding hydrogens is 356 g/mol. The first-order chi connectivity index (χ1) is 13.5. The van der Waals surface area contributed by atoms with Crippen molar-refractivity contribution in [1.82, 2.24) is 10.6 Å². The fraction of sp³-hybridized carbons (Fsp3) is 0.364. The molecular formula is C22H26N2O4. The van der Waals surface area contributed by atoms with Crippen LogP contribution in [0.3, 0.4) is 0 Å². The Hall–Kier alpha value is -3.02. The van der Waals surface area contributed by atoms with Crippen LogP contribution >= 0.6 is 0 Å². The highest BCUT2D eigenvalue weighted by Crippen LogP contribution is 2.34. The highest BCUT2D eigenvalue weighted by Gasteiger charge is 2.28. The van der Waals surface area contributed by atoms with Crippen molar-refractivity contribution in [3.63, 3.8) is 0 Å². The van der Waals surface area contributed by atoms with Crippen LogP contribution in [0.1, 0.15) is 49.2 Å². The molecule has 0 aromatic heterocycles. The van der Waals surface area contributed by atoms with Gasteiger partial charge >= 0.3 is 0 Å². The maximum atomic E-state index is 12.9. The number of hydrogen-bond donors (Lipinski definition) is 2. The first-order valence-corrected chi connectivity index (χ1v) is 9.55. The van der Waals surface area contributed by atoms with E-state index in [1.807, 2.05) is 45.0 Å². The van der Waals surface area contributed by atoms with Crippen LogP contribution in [0, 0.1) is 5.92 Å². The first-order valence-electron chi connectivity index (χ1n) is 9.55. The van der Waals surface area contributed by atoms with Crippen molar-refractivity contribution in [1.29, 1.82) is 0 Å². The van der Waals surface area contributed by atoms with Crippen LogP contribution in [0.25, 0.3) is 0 Å². The molecule has 1 aliphatic heterocycles. The molecule has 3 unspecified atom stereocenters. The Kier molecular flexibility index (Phi) is 6.19. The number of benzene rings is 2. The third kappa shape index (κ3) is 4.44. The number of carbonyl (C=O) groups excluding carboxylic acids is 2. The number of nitrogens with one attached hydrogen (secondary N) is 2. The summed E-state index contributed by atoms with van der Waals surface area (Å²) >= 11 is 0. The third-order valence-corrected chi connectivity index (χ3v) is 5.07. The lowest BCUT2D eigenvalue weighted by Crippen LogP contribution is -2.50. The van der Waals surface area contributed by atoms with Gasteiger partial charge in [-0.15, -0.1) is 0 Å². The first kappa shape index (κ1) is 19.7. The Morgan fingerprint density at radius 1 is 1.00 bits per heavy atom. The predicted molar refractivity (Wildman–Crippen MR) is 106 cm³/mol. The van der Waals surface area contributed by atoms with Gasteiger partial charge in [-0.05, 0) is 42.7 Å². The molecule has 0 spiro atoms. The van der Waals surface area contributed by atoms with E-state index in [1.54, 1.807) is 24.3 Å². The molecule has 0 radical (unpaired) electrons. The van der Waals surface area contributed by atoms with E-state index in [0.29, 0.717) is 17.1 Å². The molecule has 3 atom stereocenters. The molecule has 2 N–H and O–H groups in total. The van der Waals surface area contributed by atoms with Crippen molar-refractivity contribution in [2.45, 2.75) is 39.3 Å². The molecule has 0 bridgehead atoms. The molecule has 0 fully saturated rings. The lowest BCUT2D eigenvalue weighted by atomic mass is 9.97. The van der Waals surface area contributed by atoms with Gasteiger partial charge in [0.2, 0.25) is 12.7 Å². The minimum atomic E-state index is -0.617. The molecule has 6 heteroatoms. The van der Waals surface area contributed by atoms with Crippen LogP contribution in [-0.4, -0.2) is 24.6 Å². The molecule has 28 heavy (non-hydrogen) atoms. The zero-order valence-electron chi connectivity index (χ0n) is 16.4. The molecule has 2 amide bonds. The number of amides is 2. The molecule has 148 valence electrons. The summed E-state index contributed by atoms with van der Waals surface area (Å²) in [7, 11) is 0. The Morgan fingerprint density at radius 2 is 1.71 bits per heavy atom. The Morgan fingerprint density at radius 3 is 2.43 bits per heavy atom. The molecule has 2 aromatic carbocycles. The summed E-state index contributed by atoms with van der Waals surface area (Å²) in [5.41, 5.74) is 1.45. The van der Waals surface area contributed by atoms with Gasteiger partial charge in [-0.3, -0.25) is 9.59 Å². The average Bonchev–Trinajstić information content (AvgIpc) is 3.19. The summed E-state index contributed by atoms with van der Waals surface area (Å²) in [4.78, 5) is 25.5. The van der Waals surface area contributed by atoms with E-state index in [-0.39, 0.29) is 30.6 Å². The SMILES string of the molecule is CCC(C)C(NC(=O)c1ccccc1)C(=O)NC(C)c1ccc2c(c1)OCO2. The van der Waals surface area contributed by atoms with Gasteiger partial charge in [-0.1, -0.05) is 44.5 Å². The Bertz CT molecular complexity index is 838. The van der Waals surface area contributed by atoms with Gasteiger partial charge in [0.25, 0.3) is 5.91 Å². The monoisotopic (exact) mass is 382 g/mol. The van der Waals surface area contributed by atoms with Crippen molar-refractivity contribution in [2.75, 3.05) is 6.79 Å². The van der Waals surface area contributed by atoms with Crippen LogP contribution in [0.4, 0.5) is 0 Å². The van der Waals surface area contributed by atoms with Crippen molar-refractivity contribution in [3.8, 4) is 11.5 Å². The number of ether oxygens (including phenoxy) is 2. The second-order valence-corrected chi connectivity index (χ2v) is 7.05. The van der Waals surface area contributed by atoms with Crippen molar-refractivity contribution in [3.05, 3.63) is 59.7 Å². The summed E-state index contributed by atoms with van der Waals surface area (Å²) in [6, 6.07) is 13.7. The average molecular weight is 382 g/mol. The van der Waals surface area contributed by atoms with E-state index in [9.17, 15) is 9.59 Å². The molecule has 3 rings (SSSR count). The largest absolute Gasteiger partial charge is 0.454 e. The topological polar surface area (TPSA) is 76.7 Å². The number of hydrogen-bond acceptors (Lipinski definition) is 4. The van der Waals surface area contributed by atoms with Crippen LogP contribution in [0.2, 0.25) is 0 Å². The smallest absolute Gasteiger partial charge is 0.251 e. The second kappa shape index (κ2) is 8.78. The van der Waals surface area contributed by atoms with Crippen LogP contribution in [-0.2, 0) is 4.79 Å². The van der Waals surface area contributed by atoms with Crippen LogP contribution in [0.15, 0.2) is 48.5 Å². The van der Waals surface area contributed by atoms with E-state index in [4.69, 9.17) is 9.47 Å². The lowest BCUT2D eigenvalue weighted by Gasteiger charge is -2.25. The maximum absolute atomic E-state index is 12.9. The zero-order chi connectivity index (χ0) is 20.1. The quantitative estimate of drug-likeness (QED) is 0.769. The van der Waals surface area contributed by atoms with Crippen molar-refractivity contribution < 1.29 is 19.1 Å². The molecule has 6 nitrogen and oxygen atoms in total. The van der Waals surface area contributed by atoms with Crippen molar-refractivity contribution in [2.24, 2.45) is 5.92 Å². The van der Waals surface area contributed by atoms with E-state index in [0.717, 1.165) is 12.0 Å². The molecule has 0 aliphatic carbocycles. The third-order valence-electron chi connectivity index (χ3n) is 5.07. The standard InChI is InChI=1S/C22H26N2O4/c1-4-14(2)20(24-21(25)16-8-6-5-7-9-16)22(26)23-15(3)17-10-11-18-19(12-17)28-13-27-18/h5-12,14-15,20H,4,13H2,1-3H3,(H,23,26)(H,24,25). The molecule has 1 heterocycles. The van der Waals surface area contributed by atoms with Crippen LogP contribution < -0.4 is 20.1 Å². The van der Waals surface area contributed by atoms with Gasteiger partial charge in [-0.2, -0.15) is 0 Å². The van der Waals surface area contributed by atoms with Gasteiger partial charge < -0.3 is 20.1 Å². The highest BCUT2D eigenvalue weighted by molar-refractivity contribution is 5.97. The van der Waals surface area contributed by atoms with E-state index in [2.05, 4.69) is 10.6 Å². The zero-order valence-corrected chi connectivity index (χ0v) is 16.4. The number of fused-ring (bicyclic) bond motifs is 1.